The molecular weight excluding hydrogens is 731 g/mol. The number of benzene rings is 3. The van der Waals surface area contributed by atoms with E-state index < -0.39 is 47.1 Å². The lowest BCUT2D eigenvalue weighted by Gasteiger charge is -2.62. The first-order valence-corrected chi connectivity index (χ1v) is 19.5. The number of aryl methyl sites for hydroxylation is 1. The number of aliphatic hydroxyl groups is 1. The summed E-state index contributed by atoms with van der Waals surface area (Å²) < 4.78 is 41.9. The molecule has 14 nitrogen and oxygen atoms in total. The molecule has 7 heterocycles. The molecule has 2 saturated heterocycles. The number of esters is 2. The van der Waals surface area contributed by atoms with Crippen LogP contribution in [0.5, 0.6) is 40.2 Å². The van der Waals surface area contributed by atoms with Gasteiger partial charge in [-0.1, -0.05) is 6.07 Å². The minimum absolute atomic E-state index is 0.0497. The molecule has 15 heteroatoms. The number of rotatable bonds is 4. The Hall–Kier alpha value is -4.41. The Balaban J connectivity index is 1.31. The van der Waals surface area contributed by atoms with E-state index in [1.165, 1.54) is 18.7 Å². The van der Waals surface area contributed by atoms with Gasteiger partial charge in [0.05, 0.1) is 44.7 Å². The average molecular weight is 776 g/mol. The molecule has 3 aromatic rings. The first-order chi connectivity index (χ1) is 26.4. The van der Waals surface area contributed by atoms with E-state index in [2.05, 4.69) is 10.2 Å². The fraction of sp³-hybridized carbons (Fsp3) is 0.500. The average Bonchev–Trinajstić information content (AvgIpc) is 3.66. The number of nitrogens with one attached hydrogen (secondary N) is 1. The highest BCUT2D eigenvalue weighted by atomic mass is 32.2. The third-order valence-corrected chi connectivity index (χ3v) is 13.9. The lowest BCUT2D eigenvalue weighted by molar-refractivity contribution is -0.186. The van der Waals surface area contributed by atoms with Crippen molar-refractivity contribution in [2.75, 3.05) is 54.1 Å². The lowest BCUT2D eigenvalue weighted by atomic mass is 9.73. The van der Waals surface area contributed by atoms with E-state index in [4.69, 9.17) is 33.2 Å². The van der Waals surface area contributed by atoms with Crippen LogP contribution in [0.3, 0.4) is 0 Å². The number of hydrogen-bond acceptors (Lipinski definition) is 15. The summed E-state index contributed by atoms with van der Waals surface area (Å²) in [5.74, 6) is 1.97. The molecule has 292 valence electrons. The summed E-state index contributed by atoms with van der Waals surface area (Å²) in [5.41, 5.74) is 4.74. The number of aliphatic hydroxyl groups excluding tert-OH is 1. The molecule has 1 unspecified atom stereocenters. The monoisotopic (exact) mass is 775 g/mol. The molecule has 3 N–H and O–H groups in total. The summed E-state index contributed by atoms with van der Waals surface area (Å²) in [6.07, 6.45) is 0.0818. The second kappa shape index (κ2) is 13.1. The molecule has 7 aliphatic heterocycles. The van der Waals surface area contributed by atoms with Gasteiger partial charge < -0.3 is 43.4 Å². The smallest absolute Gasteiger partial charge is 0.331 e. The van der Waals surface area contributed by atoms with Gasteiger partial charge in [-0.2, -0.15) is 0 Å². The number of aromatic hydroxyl groups is 1. The van der Waals surface area contributed by atoms with Crippen LogP contribution in [-0.4, -0.2) is 104 Å². The molecule has 1 spiro atoms. The highest BCUT2D eigenvalue weighted by molar-refractivity contribution is 7.99. The molecule has 0 amide bonds. The van der Waals surface area contributed by atoms with E-state index in [1.54, 1.807) is 21.3 Å². The van der Waals surface area contributed by atoms with Crippen molar-refractivity contribution >= 4 is 23.7 Å². The molecule has 0 aliphatic carbocycles. The quantitative estimate of drug-likeness (QED) is 0.260. The molecule has 0 radical (unpaired) electrons. The van der Waals surface area contributed by atoms with Crippen LogP contribution in [0.4, 0.5) is 0 Å². The summed E-state index contributed by atoms with van der Waals surface area (Å²) >= 11 is 1.50. The zero-order valence-corrected chi connectivity index (χ0v) is 32.6. The maximum Gasteiger partial charge on any atom is 0.331 e. The minimum Gasteiger partial charge on any atom is -0.504 e. The van der Waals surface area contributed by atoms with Gasteiger partial charge in [0.15, 0.2) is 40.0 Å². The highest BCUT2D eigenvalue weighted by Crippen LogP contribution is 2.64. The van der Waals surface area contributed by atoms with Crippen molar-refractivity contribution in [1.82, 2.24) is 15.1 Å². The maximum absolute atomic E-state index is 14.8. The predicted octanol–water partition coefficient (Wildman–Crippen LogP) is 3.72. The molecule has 3 aromatic carbocycles. The third-order valence-electron chi connectivity index (χ3n) is 12.5. The van der Waals surface area contributed by atoms with E-state index in [0.29, 0.717) is 76.1 Å². The van der Waals surface area contributed by atoms with Gasteiger partial charge >= 0.3 is 11.9 Å². The second-order valence-corrected chi connectivity index (χ2v) is 16.2. The molecular formula is C40H45N3O11S. The van der Waals surface area contributed by atoms with Crippen molar-refractivity contribution in [3.63, 3.8) is 0 Å². The number of hydrogen-bond donors (Lipinski definition) is 3. The van der Waals surface area contributed by atoms with Crippen molar-refractivity contribution in [3.8, 4) is 40.2 Å². The van der Waals surface area contributed by atoms with E-state index in [-0.39, 0.29) is 30.9 Å². The lowest BCUT2D eigenvalue weighted by Crippen LogP contribution is -2.70. The van der Waals surface area contributed by atoms with Crippen LogP contribution in [-0.2, 0) is 32.7 Å². The first-order valence-electron chi connectivity index (χ1n) is 18.5. The third kappa shape index (κ3) is 5.02. The summed E-state index contributed by atoms with van der Waals surface area (Å²) in [4.78, 5) is 31.9. The zero-order valence-electron chi connectivity index (χ0n) is 31.8. The number of carbonyl (C=O) groups is 2. The molecule has 55 heavy (non-hydrogen) atoms. The summed E-state index contributed by atoms with van der Waals surface area (Å²) in [5, 5.41) is 27.6. The van der Waals surface area contributed by atoms with Crippen LogP contribution in [0.1, 0.15) is 68.8 Å². The number of ether oxygens (including phenoxy) is 7. The molecule has 2 fully saturated rings. The second-order valence-electron chi connectivity index (χ2n) is 15.1. The number of piperazine rings is 1. The van der Waals surface area contributed by atoms with E-state index in [9.17, 15) is 19.8 Å². The number of fused-ring (bicyclic) bond motifs is 9. The van der Waals surface area contributed by atoms with Gasteiger partial charge in [-0.05, 0) is 68.1 Å². The number of methoxy groups -OCH3 is 3. The van der Waals surface area contributed by atoms with Gasteiger partial charge in [0.25, 0.3) is 0 Å². The standard InChI is InChI=1S/C40H45N3O11S/c1-17-10-21-11-23-38(46)43-24-14-51-39(47)40(22-13-26(49-6)25(48-5)12-20(22)8-9-41-40)15-55-37(31(43)30(42(23)4)27(21)32(45)33(17)50-7)29-28(24)36-35(52-16-53-36)18(2)34(29)54-19(3)44/h10,12-13,23-24,30-31,37-38,41,45-46H,8-9,11,14-16H2,1-7H3/t23-,24-,30+,31?,37+,38-,40+/m0/s1. The van der Waals surface area contributed by atoms with Gasteiger partial charge in [0.1, 0.15) is 18.6 Å². The molecule has 10 rings (SSSR count). The normalized spacial score (nSPS) is 29.1. The van der Waals surface area contributed by atoms with Gasteiger partial charge in [-0.15, -0.1) is 11.8 Å². The number of thioether (sulfide) groups is 1. The Morgan fingerprint density at radius 2 is 1.73 bits per heavy atom. The van der Waals surface area contributed by atoms with Gasteiger partial charge in [0.2, 0.25) is 6.79 Å². The minimum atomic E-state index is -1.30. The molecule has 4 bridgehead atoms. The van der Waals surface area contributed by atoms with Crippen LogP contribution >= 0.6 is 11.8 Å². The van der Waals surface area contributed by atoms with E-state index in [0.717, 1.165) is 22.3 Å². The van der Waals surface area contributed by atoms with Crippen LogP contribution in [0.15, 0.2) is 18.2 Å². The van der Waals surface area contributed by atoms with Gasteiger partial charge in [-0.25, -0.2) is 4.79 Å². The Kier molecular flexibility index (Phi) is 8.62. The molecule has 7 atom stereocenters. The Morgan fingerprint density at radius 3 is 2.45 bits per heavy atom. The van der Waals surface area contributed by atoms with Gasteiger partial charge in [-0.3, -0.25) is 19.9 Å². The van der Waals surface area contributed by atoms with Crippen molar-refractivity contribution < 1.29 is 53.0 Å². The van der Waals surface area contributed by atoms with E-state index >= 15 is 0 Å². The van der Waals surface area contributed by atoms with Crippen molar-refractivity contribution in [2.24, 2.45) is 0 Å². The summed E-state index contributed by atoms with van der Waals surface area (Å²) in [6.45, 7) is 5.39. The Labute approximate surface area is 322 Å². The Bertz CT molecular complexity index is 2150. The number of carbonyl (C=O) groups excluding carboxylic acids is 2. The van der Waals surface area contributed by atoms with E-state index in [1.807, 2.05) is 44.0 Å². The predicted molar refractivity (Wildman–Crippen MR) is 199 cm³/mol. The first kappa shape index (κ1) is 36.2. The number of likely N-dealkylation sites (N-methyl/N-ethyl adjacent to an activating group) is 1. The van der Waals surface area contributed by atoms with Crippen LogP contribution in [0, 0.1) is 13.8 Å². The SMILES string of the molecule is COc1cc2c(cc1OC)[C@@]1(CS[C@@H]3c4c(OC(C)=O)c(C)c5c(c4[C@H](COC1=O)N1C3[C@H]3c4c(cc(C)c(OC)c4O)C[C@@H]([C@@H]1O)N3C)OCO5)NCC2. The van der Waals surface area contributed by atoms with Gasteiger partial charge in [0, 0.05) is 47.5 Å². The topological polar surface area (TPSA) is 158 Å². The highest BCUT2D eigenvalue weighted by Gasteiger charge is 2.61. The van der Waals surface area contributed by atoms with Crippen LogP contribution < -0.4 is 33.7 Å². The van der Waals surface area contributed by atoms with Crippen molar-refractivity contribution in [1.29, 1.82) is 0 Å². The number of phenolic OH excluding ortho intramolecular Hbond substituents is 1. The molecule has 0 saturated carbocycles. The van der Waals surface area contributed by atoms with Crippen molar-refractivity contribution in [2.45, 2.75) is 74.8 Å². The van der Waals surface area contributed by atoms with Crippen LogP contribution in [0.2, 0.25) is 0 Å². The van der Waals surface area contributed by atoms with Crippen molar-refractivity contribution in [3.05, 3.63) is 62.7 Å². The fourth-order valence-corrected chi connectivity index (χ4v) is 11.8. The zero-order chi connectivity index (χ0) is 38.7. The molecule has 7 aliphatic rings. The largest absolute Gasteiger partial charge is 0.504 e. The number of phenols is 1. The Morgan fingerprint density at radius 1 is 0.982 bits per heavy atom. The molecule has 0 aromatic heterocycles. The number of nitrogens with zero attached hydrogens (tertiary/aromatic N) is 2. The fourth-order valence-electron chi connectivity index (χ4n) is 10.1. The summed E-state index contributed by atoms with van der Waals surface area (Å²) in [6, 6.07) is 3.65. The van der Waals surface area contributed by atoms with Crippen LogP contribution in [0.25, 0.3) is 0 Å². The summed E-state index contributed by atoms with van der Waals surface area (Å²) in [7, 11) is 6.66. The maximum atomic E-state index is 14.8.